The van der Waals surface area contributed by atoms with Crippen molar-refractivity contribution in [2.75, 3.05) is 0 Å². The molecular weight excluding hydrogens is 560 g/mol. The zero-order chi connectivity index (χ0) is 22.9. The molecule has 0 aromatic heterocycles. The van der Waals surface area contributed by atoms with Crippen molar-refractivity contribution in [3.05, 3.63) is 0 Å². The van der Waals surface area contributed by atoms with Crippen LogP contribution in [-0.2, 0) is 0 Å². The van der Waals surface area contributed by atoms with Crippen molar-refractivity contribution in [2.24, 2.45) is 0 Å². The monoisotopic (exact) mass is 614 g/mol. The minimum absolute atomic E-state index is 0.124. The average molecular weight is 614 g/mol. The third-order valence-electron chi connectivity index (χ3n) is 5.81. The maximum absolute atomic E-state index is 2.93. The van der Waals surface area contributed by atoms with Gasteiger partial charge in [-0.3, -0.25) is 0 Å². The first-order valence-corrected chi connectivity index (χ1v) is 46.5. The fourth-order valence-corrected chi connectivity index (χ4v) is 273. The van der Waals surface area contributed by atoms with E-state index in [-0.39, 0.29) is 35.8 Å². The van der Waals surface area contributed by atoms with Crippen molar-refractivity contribution >= 4 is 80.4 Å². The van der Waals surface area contributed by atoms with Gasteiger partial charge in [0.25, 0.3) is 0 Å². The second-order valence-electron chi connectivity index (χ2n) is 13.5. The molecule has 0 fully saturated rings. The van der Waals surface area contributed by atoms with Crippen LogP contribution in [0, 0.1) is 0 Å². The molecule has 0 unspecified atom stereocenters. The summed E-state index contributed by atoms with van der Waals surface area (Å²) in [5.41, 5.74) is 0. The molecule has 0 aliphatic rings. The van der Waals surface area contributed by atoms with E-state index in [4.69, 9.17) is 0 Å². The molecule has 0 N–H and O–H groups in total. The predicted molar refractivity (Wildman–Crippen MR) is 157 cm³/mol. The van der Waals surface area contributed by atoms with Gasteiger partial charge in [-0.25, -0.2) is 0 Å². The van der Waals surface area contributed by atoms with Crippen LogP contribution in [0.5, 0.6) is 0 Å². The summed E-state index contributed by atoms with van der Waals surface area (Å²) in [5.74, 6) is 0. The van der Waals surface area contributed by atoms with E-state index in [1.54, 1.807) is 0 Å². The molecule has 0 nitrogen and oxygen atoms in total. The molecule has 0 aromatic carbocycles. The maximum atomic E-state index is 2.93. The average Bonchev–Trinajstić information content (AvgIpc) is 2.18. The van der Waals surface area contributed by atoms with Gasteiger partial charge in [0.1, 0.15) is 0 Å². The van der Waals surface area contributed by atoms with E-state index in [9.17, 15) is 0 Å². The third kappa shape index (κ3) is 8.89. The molecule has 0 aromatic rings. The van der Waals surface area contributed by atoms with Crippen LogP contribution in [0.15, 0.2) is 0 Å². The van der Waals surface area contributed by atoms with Gasteiger partial charge >= 0.3 is 31.0 Å². The van der Waals surface area contributed by atoms with Crippen LogP contribution in [-0.4, -0.2) is 80.4 Å². The molecule has 0 aliphatic heterocycles. The van der Waals surface area contributed by atoms with Crippen molar-refractivity contribution < 1.29 is 0 Å². The summed E-state index contributed by atoms with van der Waals surface area (Å²) in [6.45, 7) is 44.6. The first-order valence-electron chi connectivity index (χ1n) is 10.8. The Morgan fingerprint density at radius 3 is 0.556 bits per heavy atom. The first kappa shape index (κ1) is 31.7. The van der Waals surface area contributed by atoms with Gasteiger partial charge in [0, 0.05) is 59.3 Å². The molecular formula is C18H54Si8Sn. The molecule has 0 bridgehead atoms. The van der Waals surface area contributed by atoms with Crippen LogP contribution in [0.1, 0.15) is 0 Å². The van der Waals surface area contributed by atoms with Crippen LogP contribution >= 0.6 is 0 Å². The van der Waals surface area contributed by atoms with E-state index in [1.807, 2.05) is 0 Å². The number of hydrogen-bond acceptors (Lipinski definition) is 0. The van der Waals surface area contributed by atoms with Crippen molar-refractivity contribution in [3.8, 4) is 0 Å². The summed E-state index contributed by atoms with van der Waals surface area (Å²) >= 11 is 0.230. The first-order chi connectivity index (χ1) is 11.4. The molecule has 0 atom stereocenters. The third-order valence-corrected chi connectivity index (χ3v) is 156. The molecule has 0 spiro atoms. The van der Waals surface area contributed by atoms with Gasteiger partial charge in [-0.15, -0.1) is 0 Å². The Morgan fingerprint density at radius 2 is 0.481 bits per heavy atom. The van der Waals surface area contributed by atoms with Crippen molar-refractivity contribution in [1.29, 1.82) is 0 Å². The van der Waals surface area contributed by atoms with Gasteiger partial charge in [0.2, 0.25) is 0 Å². The van der Waals surface area contributed by atoms with Crippen LogP contribution in [0.4, 0.5) is 0 Å². The predicted octanol–water partition coefficient (Wildman–Crippen LogP) is 7.08. The van der Waals surface area contributed by atoms with E-state index >= 15 is 0 Å². The molecule has 0 aliphatic carbocycles. The quantitative estimate of drug-likeness (QED) is 0.269. The van der Waals surface area contributed by atoms with Crippen LogP contribution in [0.3, 0.4) is 0 Å². The molecule has 0 heterocycles. The number of rotatable bonds is 7. The van der Waals surface area contributed by atoms with Gasteiger partial charge in [-0.05, 0) is 0 Å². The molecule has 4 radical (unpaired) electrons. The van der Waals surface area contributed by atoms with Crippen molar-refractivity contribution in [1.82, 2.24) is 0 Å². The fourth-order valence-electron chi connectivity index (χ4n) is 6.62. The number of hydrogen-bond donors (Lipinski definition) is 0. The van der Waals surface area contributed by atoms with E-state index < -0.39 is 44.6 Å². The van der Waals surface area contributed by atoms with E-state index in [0.29, 0.717) is 0 Å². The van der Waals surface area contributed by atoms with E-state index in [0.717, 1.165) is 0 Å². The van der Waals surface area contributed by atoms with Gasteiger partial charge in [-0.2, -0.15) is 0 Å². The Balaban J connectivity index is 0. The van der Waals surface area contributed by atoms with Crippen LogP contribution in [0.25, 0.3) is 0 Å². The molecule has 162 valence electrons. The van der Waals surface area contributed by atoms with Crippen LogP contribution < -0.4 is 0 Å². The zero-order valence-corrected chi connectivity index (χ0v) is 33.4. The van der Waals surface area contributed by atoms with Crippen molar-refractivity contribution in [2.45, 2.75) is 115 Å². The Morgan fingerprint density at radius 1 is 0.370 bits per heavy atom. The van der Waals surface area contributed by atoms with Gasteiger partial charge in [0.05, 0.1) is 0 Å². The topological polar surface area (TPSA) is 0 Å². The van der Waals surface area contributed by atoms with Crippen LogP contribution in [0.2, 0.25) is 115 Å². The Hall–Kier alpha value is 2.53. The summed E-state index contributed by atoms with van der Waals surface area (Å²) in [5, 5.41) is 0. The summed E-state index contributed by atoms with van der Waals surface area (Å²) < 4.78 is 0. The van der Waals surface area contributed by atoms with E-state index in [2.05, 4.69) is 115 Å². The Kier molecular flexibility index (Phi) is 12.3. The Labute approximate surface area is 193 Å². The van der Waals surface area contributed by atoms with Crippen molar-refractivity contribution in [3.63, 3.8) is 0 Å². The standard InChI is InChI=1S/C16H48Si8.2CH3.Sn/c1-19(2,3)17(20(4,5)6)23(13,14)24(15,16)18(21(7,8)9)22(10,11)12;;;/h1-16H3;2*1H3;. The zero-order valence-electron chi connectivity index (χ0n) is 22.5. The second kappa shape index (κ2) is 10.4. The second-order valence-corrected chi connectivity index (χ2v) is 96.4. The normalized spacial score (nSPS) is 15.1. The summed E-state index contributed by atoms with van der Waals surface area (Å²) in [6.07, 6.45) is 0. The van der Waals surface area contributed by atoms with Gasteiger partial charge in [0.15, 0.2) is 0 Å². The molecule has 0 saturated carbocycles. The summed E-state index contributed by atoms with van der Waals surface area (Å²) in [7, 11) is -6.61. The molecule has 0 amide bonds. The van der Waals surface area contributed by atoms with Gasteiger partial charge < -0.3 is 0 Å². The minimum atomic E-state index is -1.13. The van der Waals surface area contributed by atoms with Gasteiger partial charge in [-0.1, -0.05) is 105 Å². The SMILES string of the molecule is C[Si](C)(C)[Si]([Si](C)(C)C)[Si](C)(C)[Si](C)(C)[Si]([Si](C)(C)C)[Si](C)(C)C.[CH3][Sn][CH3]. The molecule has 0 saturated heterocycles. The van der Waals surface area contributed by atoms with E-state index in [1.165, 1.54) is 0 Å². The Bertz CT molecular complexity index is 380. The summed E-state index contributed by atoms with van der Waals surface area (Å²) in [6, 6.07) is 0. The molecule has 0 rings (SSSR count). The fraction of sp³-hybridized carbons (Fsp3) is 1.00. The molecule has 9 heteroatoms. The summed E-state index contributed by atoms with van der Waals surface area (Å²) in [4.78, 5) is 4.59. The molecule has 27 heavy (non-hydrogen) atoms.